The van der Waals surface area contributed by atoms with E-state index in [4.69, 9.17) is 18.8 Å². The minimum absolute atomic E-state index is 0.120. The van der Waals surface area contributed by atoms with Gasteiger partial charge in [-0.15, -0.1) is 0 Å². The van der Waals surface area contributed by atoms with Crippen LogP contribution >= 0.6 is 0 Å². The molecule has 1 saturated heterocycles. The molecular formula is C23H30BNO4. The first kappa shape index (κ1) is 20.3. The van der Waals surface area contributed by atoms with Crippen LogP contribution in [-0.4, -0.2) is 34.6 Å². The van der Waals surface area contributed by atoms with Gasteiger partial charge in [-0.05, 0) is 54.2 Å². The fourth-order valence-electron chi connectivity index (χ4n) is 4.93. The van der Waals surface area contributed by atoms with Crippen molar-refractivity contribution >= 4 is 7.25 Å². The molecule has 0 bridgehead atoms. The highest BCUT2D eigenvalue weighted by Crippen LogP contribution is 2.47. The van der Waals surface area contributed by atoms with Gasteiger partial charge in [0.05, 0.1) is 14.2 Å². The molecule has 1 unspecified atom stereocenters. The van der Waals surface area contributed by atoms with Gasteiger partial charge < -0.3 is 18.8 Å². The van der Waals surface area contributed by atoms with Gasteiger partial charge in [-0.3, -0.25) is 5.23 Å². The van der Waals surface area contributed by atoms with Crippen LogP contribution in [0.5, 0.6) is 11.5 Å². The molecule has 2 fully saturated rings. The molecule has 154 valence electrons. The lowest BCUT2D eigenvalue weighted by atomic mass is 9.71. The predicted molar refractivity (Wildman–Crippen MR) is 114 cm³/mol. The van der Waals surface area contributed by atoms with E-state index in [9.17, 15) is 0 Å². The van der Waals surface area contributed by atoms with Crippen molar-refractivity contribution in [3.63, 3.8) is 0 Å². The predicted octanol–water partition coefficient (Wildman–Crippen LogP) is 4.15. The zero-order chi connectivity index (χ0) is 20.3. The summed E-state index contributed by atoms with van der Waals surface area (Å²) in [5, 5.41) is 3.65. The van der Waals surface area contributed by atoms with Crippen molar-refractivity contribution in [3.8, 4) is 11.5 Å². The number of ether oxygens (including phenoxy) is 2. The average Bonchev–Trinajstić information content (AvgIpc) is 3.21. The second kappa shape index (κ2) is 8.78. The third-order valence-electron chi connectivity index (χ3n) is 6.42. The molecule has 0 spiro atoms. The van der Waals surface area contributed by atoms with Crippen LogP contribution in [0.2, 0.25) is 0 Å². The first-order valence-corrected chi connectivity index (χ1v) is 10.5. The Hall–Kier alpha value is -2.02. The SMILES string of the molecule is COB1NC(C2CCCCC2)C(c2ccc(OC)cc2)(c2ccc(OC)cc2)O1. The van der Waals surface area contributed by atoms with Crippen LogP contribution < -0.4 is 14.7 Å². The topological polar surface area (TPSA) is 49.0 Å². The van der Waals surface area contributed by atoms with Crippen molar-refractivity contribution in [1.29, 1.82) is 0 Å². The molecule has 1 saturated carbocycles. The second-order valence-electron chi connectivity index (χ2n) is 7.92. The summed E-state index contributed by atoms with van der Waals surface area (Å²) in [7, 11) is 4.61. The standard InChI is InChI=1S/C23H30BNO4/c1-26-20-13-9-18(10-14-20)23(19-11-15-21(27-2)16-12-19)22(25-24(28-3)29-23)17-7-5-4-6-8-17/h9-17,22,25H,4-8H2,1-3H3. The molecule has 0 radical (unpaired) electrons. The van der Waals surface area contributed by atoms with Crippen molar-refractivity contribution in [2.24, 2.45) is 5.92 Å². The van der Waals surface area contributed by atoms with E-state index in [0.717, 1.165) is 22.6 Å². The Kier molecular flexibility index (Phi) is 6.13. The Morgan fingerprint density at radius 2 is 1.34 bits per heavy atom. The second-order valence-corrected chi connectivity index (χ2v) is 7.92. The molecule has 1 heterocycles. The summed E-state index contributed by atoms with van der Waals surface area (Å²) < 4.78 is 23.1. The summed E-state index contributed by atoms with van der Waals surface area (Å²) in [5.41, 5.74) is 1.57. The summed E-state index contributed by atoms with van der Waals surface area (Å²) in [6.45, 7) is 0. The van der Waals surface area contributed by atoms with E-state index in [0.29, 0.717) is 5.92 Å². The van der Waals surface area contributed by atoms with Crippen molar-refractivity contribution < 1.29 is 18.8 Å². The van der Waals surface area contributed by atoms with Gasteiger partial charge in [0.2, 0.25) is 0 Å². The molecule has 1 aliphatic heterocycles. The number of hydrogen-bond donors (Lipinski definition) is 1. The van der Waals surface area contributed by atoms with Gasteiger partial charge in [-0.25, -0.2) is 0 Å². The first-order valence-electron chi connectivity index (χ1n) is 10.5. The molecule has 1 N–H and O–H groups in total. The van der Waals surface area contributed by atoms with Crippen molar-refractivity contribution in [2.75, 3.05) is 21.3 Å². The average molecular weight is 395 g/mol. The van der Waals surface area contributed by atoms with Gasteiger partial charge in [0.25, 0.3) is 0 Å². The summed E-state index contributed by atoms with van der Waals surface area (Å²) in [4.78, 5) is 0. The normalized spacial score (nSPS) is 21.9. The van der Waals surface area contributed by atoms with Crippen LogP contribution in [0, 0.1) is 5.92 Å². The van der Waals surface area contributed by atoms with Crippen molar-refractivity contribution in [2.45, 2.75) is 43.7 Å². The monoisotopic (exact) mass is 395 g/mol. The molecule has 0 aromatic heterocycles. The molecule has 6 heteroatoms. The summed E-state index contributed by atoms with van der Waals surface area (Å²) in [6, 6.07) is 16.6. The van der Waals surface area contributed by atoms with Crippen LogP contribution in [0.25, 0.3) is 0 Å². The van der Waals surface area contributed by atoms with Gasteiger partial charge in [-0.2, -0.15) is 0 Å². The van der Waals surface area contributed by atoms with Gasteiger partial charge >= 0.3 is 7.25 Å². The summed E-state index contributed by atoms with van der Waals surface area (Å²) in [5.74, 6) is 2.19. The minimum Gasteiger partial charge on any atom is -0.497 e. The van der Waals surface area contributed by atoms with Crippen LogP contribution in [0.1, 0.15) is 43.2 Å². The lowest BCUT2D eigenvalue weighted by Gasteiger charge is -2.41. The van der Waals surface area contributed by atoms with E-state index >= 15 is 0 Å². The van der Waals surface area contributed by atoms with E-state index in [1.807, 2.05) is 24.3 Å². The third kappa shape index (κ3) is 3.77. The van der Waals surface area contributed by atoms with E-state index in [-0.39, 0.29) is 6.04 Å². The maximum atomic E-state index is 6.67. The molecule has 5 nitrogen and oxygen atoms in total. The Morgan fingerprint density at radius 1 is 0.828 bits per heavy atom. The molecule has 4 rings (SSSR count). The molecule has 1 atom stereocenters. The lowest BCUT2D eigenvalue weighted by Crippen LogP contribution is -2.48. The number of nitrogens with one attached hydrogen (secondary N) is 1. The molecule has 29 heavy (non-hydrogen) atoms. The summed E-state index contributed by atoms with van der Waals surface area (Å²) in [6.07, 6.45) is 6.25. The van der Waals surface area contributed by atoms with Gasteiger partial charge in [-0.1, -0.05) is 43.5 Å². The number of rotatable bonds is 6. The largest absolute Gasteiger partial charge is 0.555 e. The van der Waals surface area contributed by atoms with Crippen LogP contribution in [-0.2, 0) is 14.9 Å². The minimum atomic E-state index is -0.638. The molecular weight excluding hydrogens is 365 g/mol. The zero-order valence-electron chi connectivity index (χ0n) is 17.5. The first-order chi connectivity index (χ1) is 14.2. The maximum Gasteiger partial charge on any atom is 0.555 e. The number of hydrogen-bond acceptors (Lipinski definition) is 5. The van der Waals surface area contributed by atoms with Gasteiger partial charge in [0, 0.05) is 13.2 Å². The molecule has 2 aliphatic rings. The molecule has 2 aromatic carbocycles. The molecule has 0 amide bonds. The maximum absolute atomic E-state index is 6.67. The van der Waals surface area contributed by atoms with E-state index in [1.54, 1.807) is 21.3 Å². The molecule has 2 aromatic rings. The number of methoxy groups -OCH3 is 2. The highest BCUT2D eigenvalue weighted by atomic mass is 16.6. The van der Waals surface area contributed by atoms with Gasteiger partial charge in [0.1, 0.15) is 17.1 Å². The zero-order valence-corrected chi connectivity index (χ0v) is 17.5. The Morgan fingerprint density at radius 3 is 1.79 bits per heavy atom. The lowest BCUT2D eigenvalue weighted by molar-refractivity contribution is 0.0636. The van der Waals surface area contributed by atoms with Crippen molar-refractivity contribution in [3.05, 3.63) is 59.7 Å². The Labute approximate surface area is 173 Å². The summed E-state index contributed by atoms with van der Waals surface area (Å²) >= 11 is 0. The number of benzene rings is 2. The highest BCUT2D eigenvalue weighted by molar-refractivity contribution is 6.42. The third-order valence-corrected chi connectivity index (χ3v) is 6.42. The molecule has 1 aliphatic carbocycles. The smallest absolute Gasteiger partial charge is 0.497 e. The van der Waals surface area contributed by atoms with Crippen LogP contribution in [0.15, 0.2) is 48.5 Å². The van der Waals surface area contributed by atoms with E-state index in [1.165, 1.54) is 32.1 Å². The van der Waals surface area contributed by atoms with E-state index in [2.05, 4.69) is 29.5 Å². The highest BCUT2D eigenvalue weighted by Gasteiger charge is 2.55. The van der Waals surface area contributed by atoms with Crippen molar-refractivity contribution in [1.82, 2.24) is 5.23 Å². The van der Waals surface area contributed by atoms with Gasteiger partial charge in [0.15, 0.2) is 0 Å². The quantitative estimate of drug-likeness (QED) is 0.745. The van der Waals surface area contributed by atoms with E-state index < -0.39 is 12.9 Å². The Bertz CT molecular complexity index is 742. The fourth-order valence-corrected chi connectivity index (χ4v) is 4.93. The Balaban J connectivity index is 1.84. The van der Waals surface area contributed by atoms with Crippen LogP contribution in [0.3, 0.4) is 0 Å². The van der Waals surface area contributed by atoms with Crippen LogP contribution in [0.4, 0.5) is 0 Å². The fraction of sp³-hybridized carbons (Fsp3) is 0.478.